The van der Waals surface area contributed by atoms with Gasteiger partial charge in [-0.05, 0) is 48.0 Å². The third-order valence-electron chi connectivity index (χ3n) is 3.02. The van der Waals surface area contributed by atoms with Crippen LogP contribution in [0.25, 0.3) is 0 Å². The Hall–Kier alpha value is -1.57. The Morgan fingerprint density at radius 2 is 1.78 bits per heavy atom. The summed E-state index contributed by atoms with van der Waals surface area (Å²) in [6.07, 6.45) is 0. The number of rotatable bonds is 6. The minimum absolute atomic E-state index is 0.0459. The van der Waals surface area contributed by atoms with Gasteiger partial charge in [0.05, 0.1) is 17.7 Å². The van der Waals surface area contributed by atoms with Crippen molar-refractivity contribution in [2.45, 2.75) is 4.90 Å². The first-order valence-electron chi connectivity index (χ1n) is 6.46. The number of benzene rings is 2. The lowest BCUT2D eigenvalue weighted by molar-refractivity contribution is -0.110. The molecule has 0 spiro atoms. The molecule has 122 valence electrons. The van der Waals surface area contributed by atoms with Crippen LogP contribution in [0.2, 0.25) is 0 Å². The molecule has 2 aromatic rings. The summed E-state index contributed by atoms with van der Waals surface area (Å²) >= 11 is 8.70. The van der Waals surface area contributed by atoms with E-state index in [1.807, 2.05) is 0 Å². The van der Waals surface area contributed by atoms with E-state index in [-0.39, 0.29) is 10.6 Å². The van der Waals surface area contributed by atoms with Gasteiger partial charge in [0, 0.05) is 4.47 Å². The van der Waals surface area contributed by atoms with Crippen molar-refractivity contribution in [1.29, 1.82) is 0 Å². The van der Waals surface area contributed by atoms with Crippen molar-refractivity contribution >= 4 is 48.5 Å². The monoisotopic (exact) mass is 417 g/mol. The third kappa shape index (κ3) is 4.04. The molecule has 8 heteroatoms. The molecular formula is C15H13BrClNO4S. The lowest BCUT2D eigenvalue weighted by Gasteiger charge is -2.24. The Labute approximate surface area is 148 Å². The van der Waals surface area contributed by atoms with Gasteiger partial charge in [0.2, 0.25) is 5.24 Å². The van der Waals surface area contributed by atoms with Crippen molar-refractivity contribution in [1.82, 2.24) is 0 Å². The first-order chi connectivity index (χ1) is 10.9. The molecule has 0 saturated heterocycles. The van der Waals surface area contributed by atoms with Gasteiger partial charge in [-0.15, -0.1) is 0 Å². The number of para-hydroxylation sites is 2. The van der Waals surface area contributed by atoms with Crippen LogP contribution in [0.5, 0.6) is 5.75 Å². The molecule has 2 aromatic carbocycles. The van der Waals surface area contributed by atoms with Crippen LogP contribution in [-0.2, 0) is 14.8 Å². The normalized spacial score (nSPS) is 11.1. The summed E-state index contributed by atoms with van der Waals surface area (Å²) in [4.78, 5) is 11.4. The summed E-state index contributed by atoms with van der Waals surface area (Å²) < 4.78 is 32.7. The van der Waals surface area contributed by atoms with Crippen molar-refractivity contribution < 1.29 is 17.9 Å². The summed E-state index contributed by atoms with van der Waals surface area (Å²) in [5.41, 5.74) is 0.243. The molecular weight excluding hydrogens is 406 g/mol. The van der Waals surface area contributed by atoms with Crippen LogP contribution in [-0.4, -0.2) is 27.3 Å². The van der Waals surface area contributed by atoms with Gasteiger partial charge < -0.3 is 4.74 Å². The summed E-state index contributed by atoms with van der Waals surface area (Å²) in [7, 11) is -2.55. The van der Waals surface area contributed by atoms with Crippen LogP contribution < -0.4 is 9.04 Å². The zero-order valence-corrected chi connectivity index (χ0v) is 15.2. The maximum absolute atomic E-state index is 12.9. The molecule has 23 heavy (non-hydrogen) atoms. The van der Waals surface area contributed by atoms with Crippen molar-refractivity contribution in [3.8, 4) is 5.75 Å². The zero-order valence-electron chi connectivity index (χ0n) is 12.1. The first-order valence-corrected chi connectivity index (χ1v) is 9.07. The fourth-order valence-corrected chi connectivity index (χ4v) is 3.87. The quantitative estimate of drug-likeness (QED) is 0.674. The average Bonchev–Trinajstić information content (AvgIpc) is 2.52. The number of hydrogen-bond acceptors (Lipinski definition) is 4. The Bertz CT molecular complexity index is 808. The summed E-state index contributed by atoms with van der Waals surface area (Å²) in [5.74, 6) is 0.325. The molecule has 0 aromatic heterocycles. The highest BCUT2D eigenvalue weighted by Gasteiger charge is 2.28. The highest BCUT2D eigenvalue weighted by molar-refractivity contribution is 9.10. The van der Waals surface area contributed by atoms with Gasteiger partial charge in [-0.2, -0.15) is 0 Å². The van der Waals surface area contributed by atoms with Crippen LogP contribution in [0.15, 0.2) is 57.9 Å². The summed E-state index contributed by atoms with van der Waals surface area (Å²) in [6, 6.07) is 12.6. The van der Waals surface area contributed by atoms with Gasteiger partial charge in [-0.1, -0.05) is 28.1 Å². The van der Waals surface area contributed by atoms with Crippen LogP contribution in [0.3, 0.4) is 0 Å². The van der Waals surface area contributed by atoms with Crippen molar-refractivity contribution in [2.75, 3.05) is 18.0 Å². The minimum atomic E-state index is -3.97. The van der Waals surface area contributed by atoms with E-state index < -0.39 is 21.8 Å². The van der Waals surface area contributed by atoms with Gasteiger partial charge in [-0.25, -0.2) is 8.42 Å². The molecule has 0 aliphatic heterocycles. The summed E-state index contributed by atoms with van der Waals surface area (Å²) in [5, 5.41) is -0.795. The molecule has 0 aliphatic carbocycles. The van der Waals surface area contributed by atoms with Gasteiger partial charge >= 0.3 is 0 Å². The number of hydrogen-bond donors (Lipinski definition) is 0. The van der Waals surface area contributed by atoms with E-state index in [4.69, 9.17) is 16.3 Å². The molecule has 0 amide bonds. The molecule has 0 N–H and O–H groups in total. The van der Waals surface area contributed by atoms with Gasteiger partial charge in [0.15, 0.2) is 0 Å². The van der Waals surface area contributed by atoms with E-state index >= 15 is 0 Å². The standard InChI is InChI=1S/C15H13BrClNO4S/c1-22-14-5-3-2-4-13(14)18(10-15(17)19)23(20,21)12-8-6-11(16)7-9-12/h2-9H,10H2,1H3. The molecule has 0 atom stereocenters. The number of halogens is 2. The van der Waals surface area contributed by atoms with Crippen LogP contribution in [0.4, 0.5) is 5.69 Å². The number of ether oxygens (including phenoxy) is 1. The predicted octanol–water partition coefficient (Wildman–Crippen LogP) is 3.42. The SMILES string of the molecule is COc1ccccc1N(CC(=O)Cl)S(=O)(=O)c1ccc(Br)cc1. The van der Waals surface area contributed by atoms with E-state index in [0.29, 0.717) is 5.75 Å². The molecule has 0 saturated carbocycles. The molecule has 2 rings (SSSR count). The Morgan fingerprint density at radius 3 is 2.35 bits per heavy atom. The fraction of sp³-hybridized carbons (Fsp3) is 0.133. The fourth-order valence-electron chi connectivity index (χ4n) is 1.98. The number of anilines is 1. The van der Waals surface area contributed by atoms with Gasteiger partial charge in [0.25, 0.3) is 10.0 Å². The number of nitrogens with zero attached hydrogens (tertiary/aromatic N) is 1. The predicted molar refractivity (Wildman–Crippen MR) is 92.5 cm³/mol. The van der Waals surface area contributed by atoms with Crippen molar-refractivity contribution in [2.24, 2.45) is 0 Å². The van der Waals surface area contributed by atoms with Gasteiger partial charge in [-0.3, -0.25) is 9.10 Å². The second-order valence-electron chi connectivity index (χ2n) is 4.49. The van der Waals surface area contributed by atoms with Crippen LogP contribution >= 0.6 is 27.5 Å². The van der Waals surface area contributed by atoms with E-state index in [9.17, 15) is 13.2 Å². The Kier molecular flexibility index (Phi) is 5.67. The second-order valence-corrected chi connectivity index (χ2v) is 7.69. The molecule has 0 heterocycles. The molecule has 0 radical (unpaired) electrons. The van der Waals surface area contributed by atoms with E-state index in [2.05, 4.69) is 15.9 Å². The largest absolute Gasteiger partial charge is 0.495 e. The average molecular weight is 419 g/mol. The third-order valence-corrected chi connectivity index (χ3v) is 5.45. The molecule has 0 aliphatic rings. The lowest BCUT2D eigenvalue weighted by atomic mass is 10.3. The van der Waals surface area contributed by atoms with E-state index in [0.717, 1.165) is 8.78 Å². The second kappa shape index (κ2) is 7.33. The highest BCUT2D eigenvalue weighted by Crippen LogP contribution is 2.32. The molecule has 0 fully saturated rings. The maximum atomic E-state index is 12.9. The van der Waals surface area contributed by atoms with Crippen molar-refractivity contribution in [3.05, 3.63) is 53.0 Å². The Morgan fingerprint density at radius 1 is 1.17 bits per heavy atom. The van der Waals surface area contributed by atoms with Gasteiger partial charge in [0.1, 0.15) is 12.3 Å². The number of carbonyl (C=O) groups is 1. The number of methoxy groups -OCH3 is 1. The number of carbonyl (C=O) groups excluding carboxylic acids is 1. The van der Waals surface area contributed by atoms with Crippen molar-refractivity contribution in [3.63, 3.8) is 0 Å². The lowest BCUT2D eigenvalue weighted by Crippen LogP contribution is -2.34. The zero-order chi connectivity index (χ0) is 17.0. The highest BCUT2D eigenvalue weighted by atomic mass is 79.9. The van der Waals surface area contributed by atoms with Crippen LogP contribution in [0.1, 0.15) is 0 Å². The maximum Gasteiger partial charge on any atom is 0.264 e. The molecule has 0 unspecified atom stereocenters. The molecule has 0 bridgehead atoms. The number of sulfonamides is 1. The topological polar surface area (TPSA) is 63.7 Å². The molecule has 5 nitrogen and oxygen atoms in total. The Balaban J connectivity index is 2.58. The first kappa shape index (κ1) is 17.8. The van der Waals surface area contributed by atoms with E-state index in [1.54, 1.807) is 36.4 Å². The van der Waals surface area contributed by atoms with Crippen LogP contribution in [0, 0.1) is 0 Å². The smallest absolute Gasteiger partial charge is 0.264 e. The van der Waals surface area contributed by atoms with E-state index in [1.165, 1.54) is 19.2 Å². The summed E-state index contributed by atoms with van der Waals surface area (Å²) in [6.45, 7) is -0.500. The minimum Gasteiger partial charge on any atom is -0.495 e.